The van der Waals surface area contributed by atoms with Crippen molar-refractivity contribution in [1.82, 2.24) is 10.3 Å². The number of fused-ring (bicyclic) bond motifs is 1. The Labute approximate surface area is 136 Å². The lowest BCUT2D eigenvalue weighted by Gasteiger charge is -2.31. The summed E-state index contributed by atoms with van der Waals surface area (Å²) in [5, 5.41) is 3.10. The van der Waals surface area contributed by atoms with Crippen LogP contribution in [0.5, 0.6) is 5.88 Å². The predicted molar refractivity (Wildman–Crippen MR) is 87.1 cm³/mol. The minimum absolute atomic E-state index is 0.0386. The second kappa shape index (κ2) is 6.98. The molecule has 0 aromatic carbocycles. The van der Waals surface area contributed by atoms with E-state index in [1.54, 1.807) is 17.0 Å². The molecule has 23 heavy (non-hydrogen) atoms. The number of ether oxygens (including phenoxy) is 1. The summed E-state index contributed by atoms with van der Waals surface area (Å²) >= 11 is 0. The zero-order chi connectivity index (χ0) is 16.2. The minimum atomic E-state index is -0.128. The summed E-state index contributed by atoms with van der Waals surface area (Å²) < 4.78 is 5.36. The molecule has 2 aliphatic rings. The molecule has 1 aromatic heterocycles. The van der Waals surface area contributed by atoms with Crippen molar-refractivity contribution >= 4 is 17.5 Å². The Morgan fingerprint density at radius 3 is 2.87 bits per heavy atom. The molecule has 0 radical (unpaired) electrons. The Hall–Kier alpha value is -2.11. The summed E-state index contributed by atoms with van der Waals surface area (Å²) in [6.45, 7) is 2.76. The third kappa shape index (κ3) is 3.46. The van der Waals surface area contributed by atoms with Gasteiger partial charge in [0.2, 0.25) is 5.88 Å². The molecular formula is C17H23N3O3. The third-order valence-corrected chi connectivity index (χ3v) is 4.44. The smallest absolute Gasteiger partial charge is 0.322 e. The molecule has 0 spiro atoms. The molecule has 1 saturated carbocycles. The van der Waals surface area contributed by atoms with Crippen molar-refractivity contribution in [2.45, 2.75) is 51.5 Å². The van der Waals surface area contributed by atoms with Gasteiger partial charge in [-0.15, -0.1) is 0 Å². The molecule has 0 saturated heterocycles. The molecule has 1 N–H and O–H groups in total. The fraction of sp³-hybridized carbons (Fsp3) is 0.588. The van der Waals surface area contributed by atoms with Crippen molar-refractivity contribution in [3.63, 3.8) is 0 Å². The quantitative estimate of drug-likeness (QED) is 0.930. The molecule has 1 aliphatic heterocycles. The highest BCUT2D eigenvalue weighted by atomic mass is 16.5. The number of pyridine rings is 1. The number of anilines is 1. The zero-order valence-corrected chi connectivity index (χ0v) is 13.5. The average Bonchev–Trinajstić information content (AvgIpc) is 2.57. The Kier molecular flexibility index (Phi) is 4.79. The number of nitrogens with zero attached hydrogens (tertiary/aromatic N) is 2. The number of rotatable bonds is 3. The fourth-order valence-electron chi connectivity index (χ4n) is 3.25. The van der Waals surface area contributed by atoms with E-state index < -0.39 is 0 Å². The lowest BCUT2D eigenvalue weighted by Crippen LogP contribution is -2.48. The maximum atomic E-state index is 12.6. The normalized spacial score (nSPS) is 18.5. The summed E-state index contributed by atoms with van der Waals surface area (Å²) in [4.78, 5) is 30.6. The van der Waals surface area contributed by atoms with Crippen molar-refractivity contribution in [3.05, 3.63) is 17.8 Å². The average molecular weight is 317 g/mol. The lowest BCUT2D eigenvalue weighted by molar-refractivity contribution is 0.0974. The van der Waals surface area contributed by atoms with Crippen LogP contribution in [-0.2, 0) is 0 Å². The molecule has 0 bridgehead atoms. The number of carbonyl (C=O) groups is 2. The van der Waals surface area contributed by atoms with E-state index in [0.29, 0.717) is 36.8 Å². The molecule has 6 heteroatoms. The summed E-state index contributed by atoms with van der Waals surface area (Å²) in [7, 11) is 0. The van der Waals surface area contributed by atoms with Crippen LogP contribution in [0.2, 0.25) is 0 Å². The first-order valence-electron chi connectivity index (χ1n) is 8.44. The van der Waals surface area contributed by atoms with Crippen molar-refractivity contribution in [3.8, 4) is 5.88 Å². The van der Waals surface area contributed by atoms with Crippen LogP contribution < -0.4 is 15.0 Å². The molecule has 3 rings (SSSR count). The Morgan fingerprint density at radius 1 is 1.35 bits per heavy atom. The third-order valence-electron chi connectivity index (χ3n) is 4.44. The largest absolute Gasteiger partial charge is 0.478 e. The van der Waals surface area contributed by atoms with E-state index in [4.69, 9.17) is 4.74 Å². The summed E-state index contributed by atoms with van der Waals surface area (Å²) in [6.07, 6.45) is 5.95. The first-order valence-corrected chi connectivity index (χ1v) is 8.44. The molecule has 1 fully saturated rings. The highest BCUT2D eigenvalue weighted by Crippen LogP contribution is 2.28. The second-order valence-corrected chi connectivity index (χ2v) is 6.06. The van der Waals surface area contributed by atoms with E-state index in [1.165, 1.54) is 19.3 Å². The molecule has 2 amide bonds. The standard InChI is InChI=1S/C17H23N3O3/c1-2-23-15-9-8-13-16(19-15)14(21)10-11-20(13)17(22)18-12-6-4-3-5-7-12/h8-9,12H,2-7,10-11H2,1H3,(H,18,22). The molecule has 0 unspecified atom stereocenters. The highest BCUT2D eigenvalue weighted by Gasteiger charge is 2.30. The van der Waals surface area contributed by atoms with Gasteiger partial charge in [-0.3, -0.25) is 9.69 Å². The monoisotopic (exact) mass is 317 g/mol. The lowest BCUT2D eigenvalue weighted by atomic mass is 9.95. The SMILES string of the molecule is CCOc1ccc2c(n1)C(=O)CCN2C(=O)NC1CCCCC1. The van der Waals surface area contributed by atoms with Crippen LogP contribution in [0.15, 0.2) is 12.1 Å². The number of hydrogen-bond acceptors (Lipinski definition) is 4. The molecule has 1 aromatic rings. The van der Waals surface area contributed by atoms with Crippen LogP contribution in [-0.4, -0.2) is 36.0 Å². The van der Waals surface area contributed by atoms with Gasteiger partial charge in [-0.1, -0.05) is 19.3 Å². The zero-order valence-electron chi connectivity index (χ0n) is 13.5. The van der Waals surface area contributed by atoms with Crippen molar-refractivity contribution in [1.29, 1.82) is 0 Å². The van der Waals surface area contributed by atoms with Gasteiger partial charge in [0, 0.05) is 25.1 Å². The number of amides is 2. The van der Waals surface area contributed by atoms with Crippen molar-refractivity contribution in [2.75, 3.05) is 18.1 Å². The number of urea groups is 1. The van der Waals surface area contributed by atoms with Gasteiger partial charge >= 0.3 is 6.03 Å². The van der Waals surface area contributed by atoms with Gasteiger partial charge in [0.15, 0.2) is 5.78 Å². The molecular weight excluding hydrogens is 294 g/mol. The van der Waals surface area contributed by atoms with E-state index in [0.717, 1.165) is 12.8 Å². The van der Waals surface area contributed by atoms with Crippen LogP contribution in [0.4, 0.5) is 10.5 Å². The summed E-state index contributed by atoms with van der Waals surface area (Å²) in [6, 6.07) is 3.58. The molecule has 0 atom stereocenters. The first-order chi connectivity index (χ1) is 11.2. The Bertz CT molecular complexity index is 597. The number of nitrogens with one attached hydrogen (secondary N) is 1. The minimum Gasteiger partial charge on any atom is -0.478 e. The summed E-state index contributed by atoms with van der Waals surface area (Å²) in [5.41, 5.74) is 0.916. The van der Waals surface area contributed by atoms with E-state index in [1.807, 2.05) is 6.92 Å². The Balaban J connectivity index is 1.77. The van der Waals surface area contributed by atoms with Crippen LogP contribution >= 0.6 is 0 Å². The number of aromatic nitrogens is 1. The van der Waals surface area contributed by atoms with Gasteiger partial charge in [-0.25, -0.2) is 9.78 Å². The predicted octanol–water partition coefficient (Wildman–Crippen LogP) is 2.92. The van der Waals surface area contributed by atoms with E-state index in [2.05, 4.69) is 10.3 Å². The van der Waals surface area contributed by atoms with Gasteiger partial charge in [-0.2, -0.15) is 0 Å². The fourth-order valence-corrected chi connectivity index (χ4v) is 3.25. The number of Topliss-reactive ketones (excluding diaryl/α,β-unsaturated/α-hetero) is 1. The first kappa shape index (κ1) is 15.8. The van der Waals surface area contributed by atoms with Gasteiger partial charge in [0.05, 0.1) is 12.3 Å². The maximum Gasteiger partial charge on any atom is 0.322 e. The topological polar surface area (TPSA) is 71.5 Å². The molecule has 2 heterocycles. The van der Waals surface area contributed by atoms with Crippen molar-refractivity contribution in [2.24, 2.45) is 0 Å². The van der Waals surface area contributed by atoms with E-state index in [9.17, 15) is 9.59 Å². The van der Waals surface area contributed by atoms with Crippen LogP contribution in [0, 0.1) is 0 Å². The Morgan fingerprint density at radius 2 is 2.13 bits per heavy atom. The van der Waals surface area contributed by atoms with Gasteiger partial charge in [0.1, 0.15) is 5.69 Å². The molecule has 1 aliphatic carbocycles. The number of hydrogen-bond donors (Lipinski definition) is 1. The summed E-state index contributed by atoms with van der Waals surface area (Å²) in [5.74, 6) is 0.386. The van der Waals surface area contributed by atoms with Crippen LogP contribution in [0.1, 0.15) is 55.9 Å². The maximum absolute atomic E-state index is 12.6. The highest BCUT2D eigenvalue weighted by molar-refractivity contribution is 6.07. The van der Waals surface area contributed by atoms with Gasteiger partial charge in [0.25, 0.3) is 0 Å². The second-order valence-electron chi connectivity index (χ2n) is 6.06. The van der Waals surface area contributed by atoms with Crippen molar-refractivity contribution < 1.29 is 14.3 Å². The molecule has 6 nitrogen and oxygen atoms in total. The van der Waals surface area contributed by atoms with E-state index >= 15 is 0 Å². The van der Waals surface area contributed by atoms with Crippen LogP contribution in [0.3, 0.4) is 0 Å². The van der Waals surface area contributed by atoms with E-state index in [-0.39, 0.29) is 17.9 Å². The number of carbonyl (C=O) groups excluding carboxylic acids is 2. The van der Waals surface area contributed by atoms with Crippen LogP contribution in [0.25, 0.3) is 0 Å². The van der Waals surface area contributed by atoms with Gasteiger partial charge < -0.3 is 10.1 Å². The number of ketones is 1. The molecule has 124 valence electrons. The van der Waals surface area contributed by atoms with Gasteiger partial charge in [-0.05, 0) is 25.8 Å².